The lowest BCUT2D eigenvalue weighted by Gasteiger charge is -2.38. The topological polar surface area (TPSA) is 79.0 Å². The van der Waals surface area contributed by atoms with Gasteiger partial charge in [0, 0.05) is 48.1 Å². The molecule has 1 aromatic carbocycles. The van der Waals surface area contributed by atoms with Gasteiger partial charge in [-0.1, -0.05) is 42.0 Å². The van der Waals surface area contributed by atoms with Crippen molar-refractivity contribution >= 4 is 17.2 Å². The van der Waals surface area contributed by atoms with E-state index in [4.69, 9.17) is 20.8 Å². The molecule has 2 N–H and O–H groups in total. The second-order valence-electron chi connectivity index (χ2n) is 9.96. The third-order valence-corrected chi connectivity index (χ3v) is 7.82. The molecule has 7 heteroatoms. The number of likely N-dealkylation sites (tertiary alicyclic amines) is 1. The van der Waals surface area contributed by atoms with Gasteiger partial charge in [-0.05, 0) is 72.9 Å². The SMILES string of the molecule is Oc1ccc(C2C=CC=C3Oc4ncccc4C(=CCCN4CCC(O)(c5ccc(Cl)cc5)CC4)C=C32)o1. The molecular weight excluding hydrogens is 500 g/mol. The molecule has 2 aromatic heterocycles. The maximum absolute atomic E-state index is 11.2. The van der Waals surface area contributed by atoms with Crippen LogP contribution in [0.15, 0.2) is 101 Å². The maximum Gasteiger partial charge on any atom is 0.281 e. The third kappa shape index (κ3) is 4.95. The summed E-state index contributed by atoms with van der Waals surface area (Å²) < 4.78 is 11.8. The van der Waals surface area contributed by atoms with Gasteiger partial charge in [-0.15, -0.1) is 0 Å². The van der Waals surface area contributed by atoms with E-state index in [-0.39, 0.29) is 11.9 Å². The van der Waals surface area contributed by atoms with Crippen molar-refractivity contribution in [2.75, 3.05) is 19.6 Å². The Morgan fingerprint density at radius 3 is 2.68 bits per heavy atom. The number of halogens is 1. The highest BCUT2D eigenvalue weighted by Crippen LogP contribution is 2.42. The van der Waals surface area contributed by atoms with E-state index in [2.05, 4.69) is 22.0 Å². The van der Waals surface area contributed by atoms with E-state index < -0.39 is 5.60 Å². The predicted molar refractivity (Wildman–Crippen MR) is 147 cm³/mol. The van der Waals surface area contributed by atoms with Crippen molar-refractivity contribution < 1.29 is 19.4 Å². The molecule has 0 spiro atoms. The number of aliphatic hydroxyl groups is 1. The predicted octanol–water partition coefficient (Wildman–Crippen LogP) is 6.35. The number of benzene rings is 1. The van der Waals surface area contributed by atoms with Crippen LogP contribution in [-0.2, 0) is 5.60 Å². The van der Waals surface area contributed by atoms with E-state index in [1.54, 1.807) is 18.3 Å². The Morgan fingerprint density at radius 1 is 1.11 bits per heavy atom. The van der Waals surface area contributed by atoms with Crippen molar-refractivity contribution in [1.82, 2.24) is 9.88 Å². The van der Waals surface area contributed by atoms with Gasteiger partial charge in [0.1, 0.15) is 11.5 Å². The van der Waals surface area contributed by atoms with Gasteiger partial charge in [0.15, 0.2) is 0 Å². The molecule has 1 atom stereocenters. The lowest BCUT2D eigenvalue weighted by molar-refractivity contribution is -0.0254. The quantitative estimate of drug-likeness (QED) is 0.402. The minimum absolute atomic E-state index is 0.107. The molecule has 38 heavy (non-hydrogen) atoms. The number of ether oxygens (including phenoxy) is 1. The first-order valence-electron chi connectivity index (χ1n) is 12.9. The molecule has 3 aliphatic rings. The molecule has 6 nitrogen and oxygen atoms in total. The van der Waals surface area contributed by atoms with Gasteiger partial charge in [-0.2, -0.15) is 0 Å². The molecule has 2 aliphatic heterocycles. The number of aromatic nitrogens is 1. The second kappa shape index (κ2) is 10.3. The van der Waals surface area contributed by atoms with E-state index in [0.717, 1.165) is 48.3 Å². The number of nitrogens with zero attached hydrogens (tertiary/aromatic N) is 2. The number of piperidine rings is 1. The smallest absolute Gasteiger partial charge is 0.281 e. The first-order valence-corrected chi connectivity index (χ1v) is 13.3. The van der Waals surface area contributed by atoms with Crippen LogP contribution in [0.2, 0.25) is 5.02 Å². The minimum atomic E-state index is -0.806. The molecular formula is C31H29ClN2O4. The molecule has 1 aliphatic carbocycles. The lowest BCUT2D eigenvalue weighted by Crippen LogP contribution is -2.42. The number of hydrogen-bond donors (Lipinski definition) is 2. The molecule has 6 rings (SSSR count). The number of allylic oxidation sites excluding steroid dienone is 6. The summed E-state index contributed by atoms with van der Waals surface area (Å²) in [5, 5.41) is 21.7. The Labute approximate surface area is 226 Å². The number of furan rings is 1. The summed E-state index contributed by atoms with van der Waals surface area (Å²) >= 11 is 6.03. The monoisotopic (exact) mass is 528 g/mol. The Hall–Kier alpha value is -3.58. The largest absolute Gasteiger partial charge is 0.481 e. The zero-order valence-corrected chi connectivity index (χ0v) is 21.6. The normalized spacial score (nSPS) is 21.6. The Bertz CT molecular complexity index is 1440. The highest BCUT2D eigenvalue weighted by molar-refractivity contribution is 6.30. The molecule has 3 aromatic rings. The molecule has 0 bridgehead atoms. The maximum atomic E-state index is 11.2. The summed E-state index contributed by atoms with van der Waals surface area (Å²) in [6.07, 6.45) is 14.2. The molecule has 0 radical (unpaired) electrons. The van der Waals surface area contributed by atoms with Crippen LogP contribution in [0.25, 0.3) is 5.57 Å². The average Bonchev–Trinajstić information content (AvgIpc) is 3.29. The van der Waals surface area contributed by atoms with Gasteiger partial charge in [-0.25, -0.2) is 4.98 Å². The van der Waals surface area contributed by atoms with Gasteiger partial charge in [0.2, 0.25) is 5.88 Å². The van der Waals surface area contributed by atoms with Crippen LogP contribution < -0.4 is 4.74 Å². The third-order valence-electron chi connectivity index (χ3n) is 7.56. The van der Waals surface area contributed by atoms with E-state index in [0.29, 0.717) is 35.3 Å². The van der Waals surface area contributed by atoms with Crippen LogP contribution in [0.1, 0.15) is 42.1 Å². The van der Waals surface area contributed by atoms with Gasteiger partial charge in [0.25, 0.3) is 5.95 Å². The number of pyridine rings is 1. The van der Waals surface area contributed by atoms with Crippen molar-refractivity contribution in [1.29, 1.82) is 0 Å². The summed E-state index contributed by atoms with van der Waals surface area (Å²) in [6.45, 7) is 2.54. The fraction of sp³-hybridized carbons (Fsp3) is 0.258. The van der Waals surface area contributed by atoms with Crippen molar-refractivity contribution in [2.45, 2.75) is 30.8 Å². The van der Waals surface area contributed by atoms with Gasteiger partial charge < -0.3 is 24.3 Å². The standard InChI is InChI=1S/C31H29ClN2O4/c32-23-10-8-22(9-11-23)31(36)14-18-34(19-15-31)17-3-4-21-20-26-25(28-12-13-29(35)37-28)5-1-7-27(26)38-30-24(21)6-2-16-33-30/h1-2,4-13,16,20,25,35-36H,3,14-15,17-19H2. The van der Waals surface area contributed by atoms with Crippen LogP contribution in [0.3, 0.4) is 0 Å². The number of rotatable bonds is 5. The van der Waals surface area contributed by atoms with Crippen molar-refractivity contribution in [3.63, 3.8) is 0 Å². The summed E-state index contributed by atoms with van der Waals surface area (Å²) in [4.78, 5) is 6.90. The van der Waals surface area contributed by atoms with Gasteiger partial charge >= 0.3 is 0 Å². The molecule has 4 heterocycles. The number of fused-ring (bicyclic) bond motifs is 2. The highest BCUT2D eigenvalue weighted by atomic mass is 35.5. The Kier molecular flexibility index (Phi) is 6.70. The summed E-state index contributed by atoms with van der Waals surface area (Å²) in [6, 6.07) is 14.8. The number of hydrogen-bond acceptors (Lipinski definition) is 6. The van der Waals surface area contributed by atoms with Crippen molar-refractivity contribution in [3.05, 3.63) is 118 Å². The number of aromatic hydroxyl groups is 1. The van der Waals surface area contributed by atoms with Crippen LogP contribution in [-0.4, -0.2) is 39.7 Å². The average molecular weight is 529 g/mol. The van der Waals surface area contributed by atoms with Crippen LogP contribution >= 0.6 is 11.6 Å². The van der Waals surface area contributed by atoms with E-state index >= 15 is 0 Å². The van der Waals surface area contributed by atoms with Crippen LogP contribution in [0.4, 0.5) is 0 Å². The van der Waals surface area contributed by atoms with Crippen LogP contribution in [0.5, 0.6) is 11.8 Å². The second-order valence-corrected chi connectivity index (χ2v) is 10.4. The van der Waals surface area contributed by atoms with E-state index in [9.17, 15) is 10.2 Å². The lowest BCUT2D eigenvalue weighted by atomic mass is 9.84. The minimum Gasteiger partial charge on any atom is -0.481 e. The molecule has 1 fully saturated rings. The molecule has 0 amide bonds. The molecule has 194 valence electrons. The van der Waals surface area contributed by atoms with Crippen LogP contribution in [0, 0.1) is 0 Å². The van der Waals surface area contributed by atoms with Gasteiger partial charge in [0.05, 0.1) is 11.5 Å². The molecule has 1 saturated heterocycles. The summed E-state index contributed by atoms with van der Waals surface area (Å²) in [5.74, 6) is 1.65. The summed E-state index contributed by atoms with van der Waals surface area (Å²) in [7, 11) is 0. The van der Waals surface area contributed by atoms with Gasteiger partial charge in [-0.3, -0.25) is 0 Å². The first kappa shape index (κ1) is 24.7. The van der Waals surface area contributed by atoms with Crippen molar-refractivity contribution in [3.8, 4) is 11.8 Å². The van der Waals surface area contributed by atoms with Crippen molar-refractivity contribution in [2.24, 2.45) is 0 Å². The summed E-state index contributed by atoms with van der Waals surface area (Å²) in [5.41, 5.74) is 3.06. The highest BCUT2D eigenvalue weighted by Gasteiger charge is 2.34. The fourth-order valence-corrected chi connectivity index (χ4v) is 5.55. The zero-order valence-electron chi connectivity index (χ0n) is 20.9. The Morgan fingerprint density at radius 2 is 1.92 bits per heavy atom. The molecule has 1 unspecified atom stereocenters. The molecule has 0 saturated carbocycles. The van der Waals surface area contributed by atoms with E-state index in [1.165, 1.54) is 0 Å². The van der Waals surface area contributed by atoms with E-state index in [1.807, 2.05) is 54.6 Å². The zero-order chi connectivity index (χ0) is 26.1. The fourth-order valence-electron chi connectivity index (χ4n) is 5.43. The Balaban J connectivity index is 1.20. The first-order chi connectivity index (χ1) is 18.5.